The van der Waals surface area contributed by atoms with Gasteiger partial charge in [-0.2, -0.15) is 8.78 Å². The van der Waals surface area contributed by atoms with Crippen molar-refractivity contribution in [3.63, 3.8) is 0 Å². The molecule has 150 valence electrons. The maximum Gasteiger partial charge on any atom is 0.483 e. The number of benzene rings is 2. The Morgan fingerprint density at radius 2 is 1.86 bits per heavy atom. The number of para-hydroxylation sites is 2. The van der Waals surface area contributed by atoms with E-state index in [2.05, 4.69) is 4.98 Å². The number of hydrogen-bond acceptors (Lipinski definition) is 4. The summed E-state index contributed by atoms with van der Waals surface area (Å²) >= 11 is 0. The quantitative estimate of drug-likeness (QED) is 0.678. The number of amides is 1. The number of nitrogens with zero attached hydrogens (tertiary/aromatic N) is 3. The molecule has 3 aromatic rings. The normalized spacial score (nSPS) is 15.3. The van der Waals surface area contributed by atoms with E-state index in [9.17, 15) is 18.4 Å². The van der Waals surface area contributed by atoms with E-state index in [1.54, 1.807) is 30.3 Å². The molecule has 0 saturated carbocycles. The van der Waals surface area contributed by atoms with Gasteiger partial charge in [0.15, 0.2) is 5.75 Å². The summed E-state index contributed by atoms with van der Waals surface area (Å²) in [5.41, 5.74) is 1.77. The first-order valence-electron chi connectivity index (χ1n) is 9.20. The lowest BCUT2D eigenvalue weighted by atomic mass is 10.1. The van der Waals surface area contributed by atoms with Gasteiger partial charge in [0.1, 0.15) is 5.82 Å². The molecule has 1 aromatic heterocycles. The Kier molecular flexibility index (Phi) is 4.37. The second kappa shape index (κ2) is 6.65. The zero-order chi connectivity index (χ0) is 20.9. The van der Waals surface area contributed by atoms with Crippen LogP contribution >= 0.6 is 0 Å². The van der Waals surface area contributed by atoms with Crippen LogP contribution in [-0.2, 0) is 24.8 Å². The highest BCUT2D eigenvalue weighted by Crippen LogP contribution is 2.42. The number of rotatable bonds is 3. The molecule has 0 radical (unpaired) electrons. The molecule has 6 nitrogen and oxygen atoms in total. The fourth-order valence-corrected chi connectivity index (χ4v) is 3.54. The van der Waals surface area contributed by atoms with Crippen LogP contribution in [0.5, 0.6) is 5.75 Å². The van der Waals surface area contributed by atoms with Crippen LogP contribution in [0.4, 0.5) is 14.5 Å². The van der Waals surface area contributed by atoms with Crippen LogP contribution in [0.3, 0.4) is 0 Å². The van der Waals surface area contributed by atoms with Gasteiger partial charge in [0.2, 0.25) is 0 Å². The Balaban J connectivity index is 1.88. The third-order valence-corrected chi connectivity index (χ3v) is 5.17. The molecule has 0 unspecified atom stereocenters. The lowest BCUT2D eigenvalue weighted by Crippen LogP contribution is -2.51. The summed E-state index contributed by atoms with van der Waals surface area (Å²) in [4.78, 5) is 30.7. The number of aromatic nitrogens is 2. The largest absolute Gasteiger partial charge is 0.483 e. The monoisotopic (exact) mass is 399 g/mol. The van der Waals surface area contributed by atoms with E-state index in [0.29, 0.717) is 22.9 Å². The number of anilines is 1. The average molecular weight is 399 g/mol. The Bertz CT molecular complexity index is 1200. The zero-order valence-corrected chi connectivity index (χ0v) is 16.2. The van der Waals surface area contributed by atoms with Crippen LogP contribution in [-0.4, -0.2) is 21.6 Å². The molecule has 29 heavy (non-hydrogen) atoms. The number of alkyl halides is 2. The van der Waals surface area contributed by atoms with E-state index in [1.807, 2.05) is 19.9 Å². The first-order chi connectivity index (χ1) is 13.7. The molecule has 0 spiro atoms. The molecule has 1 aliphatic heterocycles. The molecule has 0 saturated heterocycles. The minimum Gasteiger partial charge on any atom is -0.423 e. The van der Waals surface area contributed by atoms with E-state index in [1.165, 1.54) is 11.6 Å². The molecule has 0 N–H and O–H groups in total. The van der Waals surface area contributed by atoms with Crippen molar-refractivity contribution in [2.75, 3.05) is 4.90 Å². The summed E-state index contributed by atoms with van der Waals surface area (Å²) in [7, 11) is 1.51. The van der Waals surface area contributed by atoms with Crippen LogP contribution in [0.25, 0.3) is 10.9 Å². The van der Waals surface area contributed by atoms with Gasteiger partial charge in [0.25, 0.3) is 5.56 Å². The van der Waals surface area contributed by atoms with Crippen molar-refractivity contribution < 1.29 is 18.3 Å². The smallest absolute Gasteiger partial charge is 0.423 e. The highest BCUT2D eigenvalue weighted by molar-refractivity contribution is 6.01. The Morgan fingerprint density at radius 3 is 2.59 bits per heavy atom. The fraction of sp³-hybridized carbons (Fsp3) is 0.286. The van der Waals surface area contributed by atoms with Crippen LogP contribution in [0.1, 0.15) is 23.9 Å². The predicted molar refractivity (Wildman–Crippen MR) is 104 cm³/mol. The van der Waals surface area contributed by atoms with E-state index in [-0.39, 0.29) is 29.4 Å². The number of aryl methyl sites for hydroxylation is 2. The molecule has 1 aliphatic rings. The second-order valence-corrected chi connectivity index (χ2v) is 6.99. The van der Waals surface area contributed by atoms with Gasteiger partial charge in [0, 0.05) is 7.05 Å². The van der Waals surface area contributed by atoms with Crippen molar-refractivity contribution in [2.45, 2.75) is 32.9 Å². The lowest BCUT2D eigenvalue weighted by molar-refractivity contribution is -0.193. The van der Waals surface area contributed by atoms with E-state index in [4.69, 9.17) is 4.74 Å². The molecule has 0 atom stereocenters. The predicted octanol–water partition coefficient (Wildman–Crippen LogP) is 3.32. The average Bonchev–Trinajstić information content (AvgIpc) is 2.69. The first kappa shape index (κ1) is 19.0. The van der Waals surface area contributed by atoms with Gasteiger partial charge in [0.05, 0.1) is 23.1 Å². The van der Waals surface area contributed by atoms with E-state index in [0.717, 1.165) is 10.5 Å². The third-order valence-electron chi connectivity index (χ3n) is 5.17. The minimum atomic E-state index is -4.00. The molecule has 0 fully saturated rings. The Labute approximate surface area is 165 Å². The SMILES string of the molecule is CCc1cccc2c1OC(F)(F)C(=O)N2Cc1nc2c(C)cccc2c(=O)n1C. The molecule has 0 bridgehead atoms. The van der Waals surface area contributed by atoms with E-state index >= 15 is 0 Å². The van der Waals surface area contributed by atoms with Crippen molar-refractivity contribution in [3.05, 3.63) is 63.7 Å². The van der Waals surface area contributed by atoms with Crippen LogP contribution in [0, 0.1) is 6.92 Å². The Morgan fingerprint density at radius 1 is 1.14 bits per heavy atom. The number of ether oxygens (including phenoxy) is 1. The van der Waals surface area contributed by atoms with Crippen LogP contribution < -0.4 is 15.2 Å². The van der Waals surface area contributed by atoms with Crippen molar-refractivity contribution in [2.24, 2.45) is 7.05 Å². The van der Waals surface area contributed by atoms with Gasteiger partial charge in [-0.05, 0) is 36.6 Å². The molecule has 0 aliphatic carbocycles. The summed E-state index contributed by atoms with van der Waals surface area (Å²) in [6.45, 7) is 3.35. The maximum atomic E-state index is 14.3. The molecular formula is C21H19F2N3O3. The summed E-state index contributed by atoms with van der Waals surface area (Å²) in [5.74, 6) is -1.31. The molecule has 1 amide bonds. The van der Waals surface area contributed by atoms with Crippen LogP contribution in [0.15, 0.2) is 41.2 Å². The minimum absolute atomic E-state index is 0.0263. The first-order valence-corrected chi connectivity index (χ1v) is 9.20. The topological polar surface area (TPSA) is 64.4 Å². The summed E-state index contributed by atoms with van der Waals surface area (Å²) < 4.78 is 34.7. The lowest BCUT2D eigenvalue weighted by Gasteiger charge is -2.34. The second-order valence-electron chi connectivity index (χ2n) is 6.99. The van der Waals surface area contributed by atoms with Crippen molar-refractivity contribution in [3.8, 4) is 5.75 Å². The molecular weight excluding hydrogens is 380 g/mol. The number of carbonyl (C=O) groups excluding carboxylic acids is 1. The van der Waals surface area contributed by atoms with Crippen LogP contribution in [0.2, 0.25) is 0 Å². The fourth-order valence-electron chi connectivity index (χ4n) is 3.54. The number of carbonyl (C=O) groups is 1. The van der Waals surface area contributed by atoms with E-state index < -0.39 is 12.0 Å². The number of hydrogen-bond donors (Lipinski definition) is 0. The molecule has 2 heterocycles. The molecule has 4 rings (SSSR count). The van der Waals surface area contributed by atoms with Gasteiger partial charge in [-0.3, -0.25) is 19.1 Å². The summed E-state index contributed by atoms with van der Waals surface area (Å²) in [5, 5.41) is 0.434. The zero-order valence-electron chi connectivity index (χ0n) is 16.2. The molecule has 8 heteroatoms. The Hall–Kier alpha value is -3.29. The molecule has 2 aromatic carbocycles. The summed E-state index contributed by atoms with van der Waals surface area (Å²) in [6.07, 6.45) is -3.53. The number of fused-ring (bicyclic) bond motifs is 2. The van der Waals surface area contributed by atoms with Gasteiger partial charge < -0.3 is 4.74 Å². The van der Waals surface area contributed by atoms with Crippen molar-refractivity contribution in [1.82, 2.24) is 9.55 Å². The van der Waals surface area contributed by atoms with Gasteiger partial charge in [-0.15, -0.1) is 0 Å². The van der Waals surface area contributed by atoms with Crippen molar-refractivity contribution in [1.29, 1.82) is 0 Å². The van der Waals surface area contributed by atoms with Crippen molar-refractivity contribution >= 4 is 22.5 Å². The highest BCUT2D eigenvalue weighted by atomic mass is 19.3. The standard InChI is InChI=1S/C21H19F2N3O3/c1-4-13-8-6-10-15-18(13)29-21(22,23)20(28)26(15)11-16-24-17-12(2)7-5-9-14(17)19(27)25(16)3/h5-10H,4,11H2,1-3H3. The van der Waals surface area contributed by atoms with Gasteiger partial charge in [-0.25, -0.2) is 4.98 Å². The summed E-state index contributed by atoms with van der Waals surface area (Å²) in [6, 6.07) is 10.1. The highest BCUT2D eigenvalue weighted by Gasteiger charge is 2.51. The maximum absolute atomic E-state index is 14.3. The van der Waals surface area contributed by atoms with Gasteiger partial charge in [-0.1, -0.05) is 31.2 Å². The van der Waals surface area contributed by atoms with Gasteiger partial charge >= 0.3 is 12.0 Å². The number of halogens is 2. The third kappa shape index (κ3) is 2.95.